The Labute approximate surface area is 156 Å². The van der Waals surface area contributed by atoms with Crippen LogP contribution in [-0.4, -0.2) is 37.7 Å². The van der Waals surface area contributed by atoms with Crippen LogP contribution in [-0.2, 0) is 4.74 Å². The van der Waals surface area contributed by atoms with Crippen LogP contribution in [0.5, 0.6) is 0 Å². The van der Waals surface area contributed by atoms with Gasteiger partial charge < -0.3 is 20.7 Å². The number of hydrogen-bond donors (Lipinski definition) is 3. The highest BCUT2D eigenvalue weighted by Gasteiger charge is 2.35. The van der Waals surface area contributed by atoms with E-state index in [-0.39, 0.29) is 17.5 Å². The molecule has 144 valence electrons. The summed E-state index contributed by atoms with van der Waals surface area (Å²) in [7, 11) is 1.66. The molecule has 1 aliphatic rings. The second kappa shape index (κ2) is 9.03. The topological polar surface area (TPSA) is 79.5 Å². The van der Waals surface area contributed by atoms with E-state index in [0.29, 0.717) is 30.3 Å². The molecule has 0 heterocycles. The standard InChI is InChI=1S/C20H31N3O3/c1-14(2)12-21-18(24)16-8-7-9-17(15(16)3)22-19(25)23-20(13-26-4)10-5-6-11-20/h7-9,14H,5-6,10-13H2,1-4H3,(H,21,24)(H2,22,23,25). The lowest BCUT2D eigenvalue weighted by molar-refractivity contribution is 0.0948. The van der Waals surface area contributed by atoms with Gasteiger partial charge in [-0.25, -0.2) is 4.79 Å². The molecule has 0 unspecified atom stereocenters. The minimum absolute atomic E-state index is 0.119. The van der Waals surface area contributed by atoms with Crippen LogP contribution < -0.4 is 16.0 Å². The predicted octanol–water partition coefficient (Wildman–Crippen LogP) is 3.46. The Bertz CT molecular complexity index is 637. The van der Waals surface area contributed by atoms with Crippen molar-refractivity contribution in [2.24, 2.45) is 5.92 Å². The second-order valence-corrected chi connectivity index (χ2v) is 7.58. The van der Waals surface area contributed by atoms with Gasteiger partial charge in [-0.3, -0.25) is 4.79 Å². The number of carbonyl (C=O) groups is 2. The molecular formula is C20H31N3O3. The van der Waals surface area contributed by atoms with E-state index in [4.69, 9.17) is 4.74 Å². The number of amides is 3. The first-order chi connectivity index (χ1) is 12.4. The van der Waals surface area contributed by atoms with Gasteiger partial charge in [-0.2, -0.15) is 0 Å². The summed E-state index contributed by atoms with van der Waals surface area (Å²) in [5.41, 5.74) is 1.69. The fraction of sp³-hybridized carbons (Fsp3) is 0.600. The minimum atomic E-state index is -0.293. The number of methoxy groups -OCH3 is 1. The van der Waals surface area contributed by atoms with Crippen molar-refractivity contribution in [2.45, 2.75) is 52.0 Å². The van der Waals surface area contributed by atoms with Crippen molar-refractivity contribution in [3.8, 4) is 0 Å². The molecule has 0 saturated heterocycles. The normalized spacial score (nSPS) is 15.7. The highest BCUT2D eigenvalue weighted by atomic mass is 16.5. The monoisotopic (exact) mass is 361 g/mol. The number of benzene rings is 1. The molecule has 0 radical (unpaired) electrons. The number of hydrogen-bond acceptors (Lipinski definition) is 3. The van der Waals surface area contributed by atoms with Crippen molar-refractivity contribution < 1.29 is 14.3 Å². The Hall–Kier alpha value is -2.08. The molecule has 3 amide bonds. The number of anilines is 1. The molecule has 26 heavy (non-hydrogen) atoms. The van der Waals surface area contributed by atoms with E-state index in [0.717, 1.165) is 31.2 Å². The summed E-state index contributed by atoms with van der Waals surface area (Å²) in [6.45, 7) is 7.08. The summed E-state index contributed by atoms with van der Waals surface area (Å²) < 4.78 is 5.31. The summed E-state index contributed by atoms with van der Waals surface area (Å²) in [6, 6.07) is 5.11. The molecule has 2 rings (SSSR count). The zero-order valence-corrected chi connectivity index (χ0v) is 16.3. The van der Waals surface area contributed by atoms with Crippen molar-refractivity contribution in [1.82, 2.24) is 10.6 Å². The van der Waals surface area contributed by atoms with Gasteiger partial charge in [0.2, 0.25) is 0 Å². The molecule has 1 aromatic carbocycles. The summed E-state index contributed by atoms with van der Waals surface area (Å²) in [4.78, 5) is 24.9. The third-order valence-electron chi connectivity index (χ3n) is 4.86. The lowest BCUT2D eigenvalue weighted by Crippen LogP contribution is -2.51. The highest BCUT2D eigenvalue weighted by Crippen LogP contribution is 2.30. The molecule has 6 heteroatoms. The third kappa shape index (κ3) is 5.21. The molecule has 1 aromatic rings. The van der Waals surface area contributed by atoms with E-state index in [1.165, 1.54) is 0 Å². The maximum Gasteiger partial charge on any atom is 0.319 e. The molecule has 0 bridgehead atoms. The summed E-state index contributed by atoms with van der Waals surface area (Å²) in [5.74, 6) is 0.265. The summed E-state index contributed by atoms with van der Waals surface area (Å²) in [5, 5.41) is 8.89. The number of carbonyl (C=O) groups excluding carboxylic acids is 2. The lowest BCUT2D eigenvalue weighted by Gasteiger charge is -2.29. The average molecular weight is 361 g/mol. The molecule has 0 aliphatic heterocycles. The van der Waals surface area contributed by atoms with Crippen molar-refractivity contribution in [1.29, 1.82) is 0 Å². The van der Waals surface area contributed by atoms with Gasteiger partial charge in [0.05, 0.1) is 12.1 Å². The molecule has 6 nitrogen and oxygen atoms in total. The van der Waals surface area contributed by atoms with Crippen molar-refractivity contribution in [3.63, 3.8) is 0 Å². The smallest absolute Gasteiger partial charge is 0.319 e. The fourth-order valence-corrected chi connectivity index (χ4v) is 3.44. The van der Waals surface area contributed by atoms with E-state index in [1.807, 2.05) is 26.8 Å². The van der Waals surface area contributed by atoms with Crippen LogP contribution >= 0.6 is 0 Å². The Balaban J connectivity index is 2.06. The van der Waals surface area contributed by atoms with Crippen LogP contribution in [0.15, 0.2) is 18.2 Å². The van der Waals surface area contributed by atoms with Crippen LogP contribution in [0.3, 0.4) is 0 Å². The van der Waals surface area contributed by atoms with Gasteiger partial charge in [-0.1, -0.05) is 32.8 Å². The summed E-state index contributed by atoms with van der Waals surface area (Å²) in [6.07, 6.45) is 4.03. The van der Waals surface area contributed by atoms with E-state index in [1.54, 1.807) is 19.2 Å². The third-order valence-corrected chi connectivity index (χ3v) is 4.86. The summed E-state index contributed by atoms with van der Waals surface area (Å²) >= 11 is 0. The van der Waals surface area contributed by atoms with Crippen LogP contribution in [0.2, 0.25) is 0 Å². The van der Waals surface area contributed by atoms with Crippen molar-refractivity contribution in [3.05, 3.63) is 29.3 Å². The van der Waals surface area contributed by atoms with Crippen LogP contribution in [0.4, 0.5) is 10.5 Å². The second-order valence-electron chi connectivity index (χ2n) is 7.58. The quantitative estimate of drug-likeness (QED) is 0.696. The molecule has 1 aliphatic carbocycles. The Morgan fingerprint density at radius 2 is 1.92 bits per heavy atom. The molecule has 1 saturated carbocycles. The Kier molecular flexibility index (Phi) is 7.03. The molecule has 0 atom stereocenters. The first kappa shape index (κ1) is 20.2. The molecule has 1 fully saturated rings. The van der Waals surface area contributed by atoms with Crippen LogP contribution in [0.1, 0.15) is 55.5 Å². The van der Waals surface area contributed by atoms with Crippen molar-refractivity contribution in [2.75, 3.05) is 25.6 Å². The minimum Gasteiger partial charge on any atom is -0.382 e. The number of rotatable bonds is 7. The van der Waals surface area contributed by atoms with Crippen LogP contribution in [0.25, 0.3) is 0 Å². The predicted molar refractivity (Wildman–Crippen MR) is 104 cm³/mol. The van der Waals surface area contributed by atoms with Gasteiger partial charge in [-0.05, 0) is 43.4 Å². The van der Waals surface area contributed by atoms with E-state index < -0.39 is 0 Å². The number of nitrogens with one attached hydrogen (secondary N) is 3. The fourth-order valence-electron chi connectivity index (χ4n) is 3.44. The maximum atomic E-state index is 12.5. The average Bonchev–Trinajstić information content (AvgIpc) is 3.03. The van der Waals surface area contributed by atoms with Gasteiger partial charge in [-0.15, -0.1) is 0 Å². The number of ether oxygens (including phenoxy) is 1. The first-order valence-corrected chi connectivity index (χ1v) is 9.33. The highest BCUT2D eigenvalue weighted by molar-refractivity contribution is 5.99. The first-order valence-electron chi connectivity index (χ1n) is 9.33. The molecule has 3 N–H and O–H groups in total. The van der Waals surface area contributed by atoms with Crippen molar-refractivity contribution >= 4 is 17.6 Å². The lowest BCUT2D eigenvalue weighted by atomic mass is 9.99. The maximum absolute atomic E-state index is 12.5. The molecule has 0 spiro atoms. The number of urea groups is 1. The molecular weight excluding hydrogens is 330 g/mol. The zero-order valence-electron chi connectivity index (χ0n) is 16.3. The van der Waals surface area contributed by atoms with E-state index >= 15 is 0 Å². The zero-order chi connectivity index (χ0) is 19.2. The van der Waals surface area contributed by atoms with Gasteiger partial charge in [0.15, 0.2) is 0 Å². The van der Waals surface area contributed by atoms with Gasteiger partial charge in [0, 0.05) is 24.9 Å². The Morgan fingerprint density at radius 3 is 2.54 bits per heavy atom. The molecule has 0 aromatic heterocycles. The SMILES string of the molecule is COCC1(NC(=O)Nc2cccc(C(=O)NCC(C)C)c2C)CCCC1. The van der Waals surface area contributed by atoms with Gasteiger partial charge >= 0.3 is 6.03 Å². The van der Waals surface area contributed by atoms with Crippen LogP contribution in [0, 0.1) is 12.8 Å². The van der Waals surface area contributed by atoms with Gasteiger partial charge in [0.25, 0.3) is 5.91 Å². The largest absolute Gasteiger partial charge is 0.382 e. The van der Waals surface area contributed by atoms with Gasteiger partial charge in [0.1, 0.15) is 0 Å². The van der Waals surface area contributed by atoms with E-state index in [9.17, 15) is 9.59 Å². The van der Waals surface area contributed by atoms with E-state index in [2.05, 4.69) is 16.0 Å². The Morgan fingerprint density at radius 1 is 1.23 bits per heavy atom.